The molecule has 0 bridgehead atoms. The summed E-state index contributed by atoms with van der Waals surface area (Å²) in [5, 5.41) is 11.1. The van der Waals surface area contributed by atoms with Crippen molar-refractivity contribution in [2.24, 2.45) is 10.8 Å². The third kappa shape index (κ3) is 7.05. The number of hydrogen-bond donors (Lipinski definition) is 0. The molecule has 0 radical (unpaired) electrons. The summed E-state index contributed by atoms with van der Waals surface area (Å²) in [5.41, 5.74) is 12.2. The maximum Gasteiger partial charge on any atom is 0.0748 e. The summed E-state index contributed by atoms with van der Waals surface area (Å²) in [6.07, 6.45) is 15.0. The Labute approximate surface area is 317 Å². The second-order valence-electron chi connectivity index (χ2n) is 16.8. The fraction of sp³-hybridized carbons (Fsp3) is 0.388. The van der Waals surface area contributed by atoms with Crippen LogP contribution in [0.15, 0.2) is 121 Å². The first kappa shape index (κ1) is 35.3. The van der Waals surface area contributed by atoms with Crippen LogP contribution in [0.3, 0.4) is 0 Å². The lowest BCUT2D eigenvalue weighted by Gasteiger charge is -2.27. The Bertz CT molecular complexity index is 1990. The maximum absolute atomic E-state index is 5.54. The molecule has 53 heavy (non-hydrogen) atoms. The molecule has 0 aliphatic heterocycles. The lowest BCUT2D eigenvalue weighted by molar-refractivity contribution is 0.277. The van der Waals surface area contributed by atoms with E-state index >= 15 is 0 Å². The Morgan fingerprint density at radius 3 is 1.25 bits per heavy atom. The molecule has 2 fully saturated rings. The number of benzene rings is 4. The van der Waals surface area contributed by atoms with E-state index in [1.807, 2.05) is 0 Å². The molecule has 2 heterocycles. The van der Waals surface area contributed by atoms with Crippen LogP contribution in [0.5, 0.6) is 0 Å². The molecule has 0 unspecified atom stereocenters. The first-order chi connectivity index (χ1) is 25.8. The largest absolute Gasteiger partial charge is 0.237 e. The van der Waals surface area contributed by atoms with Gasteiger partial charge in [-0.3, -0.25) is 0 Å². The zero-order valence-corrected chi connectivity index (χ0v) is 32.3. The molecule has 6 aromatic rings. The van der Waals surface area contributed by atoms with Crippen LogP contribution in [0.1, 0.15) is 115 Å². The van der Waals surface area contributed by atoms with Gasteiger partial charge in [0.25, 0.3) is 0 Å². The van der Waals surface area contributed by atoms with Gasteiger partial charge in [-0.05, 0) is 122 Å². The molecule has 0 spiro atoms. The van der Waals surface area contributed by atoms with E-state index in [0.717, 1.165) is 35.6 Å². The van der Waals surface area contributed by atoms with E-state index < -0.39 is 5.41 Å². The molecule has 0 amide bonds. The molecule has 4 nitrogen and oxygen atoms in total. The van der Waals surface area contributed by atoms with E-state index in [2.05, 4.69) is 158 Å². The molecule has 272 valence electrons. The Kier molecular flexibility index (Phi) is 9.74. The molecule has 0 atom stereocenters. The van der Waals surface area contributed by atoms with Crippen molar-refractivity contribution >= 4 is 0 Å². The Morgan fingerprint density at radius 2 is 0.868 bits per heavy atom. The summed E-state index contributed by atoms with van der Waals surface area (Å²) in [6, 6.07) is 44.1. The SMILES string of the molecule is CCC1(Cc2cc(C(C)(C)c3cc(CC4(CC)CCCC4)n(-c4cccc(-c5ccccc5)c4)n3)nn2-c2cccc(-c3ccccc3)c2)CCCC1. The second-order valence-corrected chi connectivity index (χ2v) is 16.8. The van der Waals surface area contributed by atoms with Crippen LogP contribution in [0.4, 0.5) is 0 Å². The van der Waals surface area contributed by atoms with Crippen molar-refractivity contribution in [3.63, 3.8) is 0 Å². The highest BCUT2D eigenvalue weighted by Gasteiger charge is 2.38. The molecule has 4 aromatic carbocycles. The average Bonchev–Trinajstić information content (AvgIpc) is 4.04. The van der Waals surface area contributed by atoms with Gasteiger partial charge in [0, 0.05) is 11.4 Å². The van der Waals surface area contributed by atoms with E-state index in [4.69, 9.17) is 10.2 Å². The van der Waals surface area contributed by atoms with E-state index in [1.165, 1.54) is 97.8 Å². The van der Waals surface area contributed by atoms with Crippen LogP contribution in [-0.4, -0.2) is 19.6 Å². The number of aromatic nitrogens is 4. The first-order valence-corrected chi connectivity index (χ1v) is 20.3. The van der Waals surface area contributed by atoms with Gasteiger partial charge in [-0.2, -0.15) is 10.2 Å². The number of rotatable bonds is 12. The first-order valence-electron chi connectivity index (χ1n) is 20.3. The molecule has 4 heteroatoms. The lowest BCUT2D eigenvalue weighted by atomic mass is 9.78. The standard InChI is InChI=1S/C49H56N4/c1-5-48(27-13-14-28-48)35-43-33-45(50-52(43)41-25-17-23-39(31-41)37-19-9-7-10-20-37)47(3,4)46-34-44(36-49(6-2)29-15-16-30-49)53(51-46)42-26-18-24-40(32-42)38-21-11-8-12-22-38/h7-12,17-26,31-34H,5-6,13-16,27-30,35-36H2,1-4H3. The zero-order chi connectivity index (χ0) is 36.5. The summed E-state index contributed by atoms with van der Waals surface area (Å²) in [4.78, 5) is 0. The highest BCUT2D eigenvalue weighted by molar-refractivity contribution is 5.67. The van der Waals surface area contributed by atoms with Crippen LogP contribution >= 0.6 is 0 Å². The van der Waals surface area contributed by atoms with Gasteiger partial charge in [0.2, 0.25) is 0 Å². The van der Waals surface area contributed by atoms with Crippen molar-refractivity contribution in [2.75, 3.05) is 0 Å². The monoisotopic (exact) mass is 700 g/mol. The van der Waals surface area contributed by atoms with Crippen molar-refractivity contribution in [3.05, 3.63) is 144 Å². The molecule has 2 aromatic heterocycles. The Morgan fingerprint density at radius 1 is 0.491 bits per heavy atom. The minimum Gasteiger partial charge on any atom is -0.237 e. The van der Waals surface area contributed by atoms with Crippen molar-refractivity contribution < 1.29 is 0 Å². The Hall–Kier alpha value is -4.70. The summed E-state index contributed by atoms with van der Waals surface area (Å²) in [7, 11) is 0. The molecule has 2 aliphatic rings. The minimum atomic E-state index is -0.405. The van der Waals surface area contributed by atoms with Crippen molar-refractivity contribution in [2.45, 2.75) is 110 Å². The summed E-state index contributed by atoms with van der Waals surface area (Å²) < 4.78 is 4.54. The number of nitrogens with zero attached hydrogens (tertiary/aromatic N) is 4. The smallest absolute Gasteiger partial charge is 0.0748 e. The summed E-state index contributed by atoms with van der Waals surface area (Å²) in [5.74, 6) is 0. The van der Waals surface area contributed by atoms with Gasteiger partial charge in [0.1, 0.15) is 0 Å². The topological polar surface area (TPSA) is 35.6 Å². The predicted molar refractivity (Wildman–Crippen MR) is 220 cm³/mol. The highest BCUT2D eigenvalue weighted by Crippen LogP contribution is 2.46. The van der Waals surface area contributed by atoms with Crippen molar-refractivity contribution in [1.82, 2.24) is 19.6 Å². The fourth-order valence-corrected chi connectivity index (χ4v) is 9.51. The molecule has 8 rings (SSSR count). The van der Waals surface area contributed by atoms with Crippen LogP contribution in [0, 0.1) is 10.8 Å². The molecular weight excluding hydrogens is 645 g/mol. The normalized spacial score (nSPS) is 16.7. The van der Waals surface area contributed by atoms with Gasteiger partial charge in [0.15, 0.2) is 0 Å². The summed E-state index contributed by atoms with van der Waals surface area (Å²) in [6.45, 7) is 9.44. The van der Waals surface area contributed by atoms with Gasteiger partial charge in [-0.25, -0.2) is 9.36 Å². The van der Waals surface area contributed by atoms with E-state index in [-0.39, 0.29) is 0 Å². The van der Waals surface area contributed by atoms with Gasteiger partial charge in [-0.1, -0.05) is 137 Å². The van der Waals surface area contributed by atoms with Crippen LogP contribution < -0.4 is 0 Å². The maximum atomic E-state index is 5.54. The van der Waals surface area contributed by atoms with Crippen molar-refractivity contribution in [3.8, 4) is 33.6 Å². The molecule has 2 aliphatic carbocycles. The van der Waals surface area contributed by atoms with Crippen molar-refractivity contribution in [1.29, 1.82) is 0 Å². The highest BCUT2D eigenvalue weighted by atomic mass is 15.3. The molecule has 0 N–H and O–H groups in total. The third-order valence-electron chi connectivity index (χ3n) is 13.2. The fourth-order valence-electron chi connectivity index (χ4n) is 9.51. The van der Waals surface area contributed by atoms with Crippen LogP contribution in [-0.2, 0) is 18.3 Å². The van der Waals surface area contributed by atoms with Gasteiger partial charge >= 0.3 is 0 Å². The van der Waals surface area contributed by atoms with E-state index in [0.29, 0.717) is 10.8 Å². The van der Waals surface area contributed by atoms with E-state index in [9.17, 15) is 0 Å². The second kappa shape index (κ2) is 14.6. The van der Waals surface area contributed by atoms with Gasteiger partial charge in [-0.15, -0.1) is 0 Å². The molecular formula is C49H56N4. The van der Waals surface area contributed by atoms with Crippen LogP contribution in [0.25, 0.3) is 33.6 Å². The molecule has 0 saturated heterocycles. The van der Waals surface area contributed by atoms with Gasteiger partial charge in [0.05, 0.1) is 28.2 Å². The third-order valence-corrected chi connectivity index (χ3v) is 13.2. The lowest BCUT2D eigenvalue weighted by Crippen LogP contribution is -2.21. The van der Waals surface area contributed by atoms with E-state index in [1.54, 1.807) is 0 Å². The van der Waals surface area contributed by atoms with Gasteiger partial charge < -0.3 is 0 Å². The quantitative estimate of drug-likeness (QED) is 0.127. The summed E-state index contributed by atoms with van der Waals surface area (Å²) >= 11 is 0. The zero-order valence-electron chi connectivity index (χ0n) is 32.3. The van der Waals surface area contributed by atoms with Crippen LogP contribution in [0.2, 0.25) is 0 Å². The Balaban J connectivity index is 1.23. The predicted octanol–water partition coefficient (Wildman–Crippen LogP) is 12.7. The average molecular weight is 701 g/mol. The number of hydrogen-bond acceptors (Lipinski definition) is 2. The molecule has 2 saturated carbocycles. The minimum absolute atomic E-state index is 0.338.